The number of anilines is 1. The van der Waals surface area contributed by atoms with Crippen molar-refractivity contribution >= 4 is 22.5 Å². The first kappa shape index (κ1) is 13.5. The number of nitrogens with zero attached hydrogens (tertiary/aromatic N) is 4. The van der Waals surface area contributed by atoms with Crippen LogP contribution >= 0.6 is 0 Å². The highest BCUT2D eigenvalue weighted by molar-refractivity contribution is 5.92. The van der Waals surface area contributed by atoms with Crippen LogP contribution < -0.4 is 10.5 Å². The Hall–Kier alpha value is -3.15. The van der Waals surface area contributed by atoms with E-state index in [0.29, 0.717) is 24.0 Å². The van der Waals surface area contributed by atoms with E-state index in [1.54, 1.807) is 4.52 Å². The van der Waals surface area contributed by atoms with Crippen LogP contribution in [0.5, 0.6) is 5.75 Å². The van der Waals surface area contributed by atoms with E-state index in [-0.39, 0.29) is 0 Å². The Balaban J connectivity index is 1.88. The maximum Gasteiger partial charge on any atom is 0.223 e. The van der Waals surface area contributed by atoms with Gasteiger partial charge in [0.1, 0.15) is 5.75 Å². The lowest BCUT2D eigenvalue weighted by Crippen LogP contribution is -2.02. The van der Waals surface area contributed by atoms with Gasteiger partial charge in [-0.25, -0.2) is 9.97 Å². The fourth-order valence-electron chi connectivity index (χ4n) is 2.57. The van der Waals surface area contributed by atoms with Gasteiger partial charge in [-0.3, -0.25) is 0 Å². The van der Waals surface area contributed by atoms with Gasteiger partial charge in [0.15, 0.2) is 11.5 Å². The molecule has 4 aromatic rings. The molecule has 0 aliphatic carbocycles. The first-order valence-corrected chi connectivity index (χ1v) is 7.40. The largest absolute Gasteiger partial charge is 0.494 e. The van der Waals surface area contributed by atoms with E-state index in [4.69, 9.17) is 10.5 Å². The number of fused-ring (bicyclic) bond motifs is 3. The van der Waals surface area contributed by atoms with Gasteiger partial charge in [0.25, 0.3) is 0 Å². The summed E-state index contributed by atoms with van der Waals surface area (Å²) < 4.78 is 7.03. The summed E-state index contributed by atoms with van der Waals surface area (Å²) >= 11 is 0. The fourth-order valence-corrected chi connectivity index (χ4v) is 2.57. The van der Waals surface area contributed by atoms with Gasteiger partial charge in [-0.05, 0) is 43.3 Å². The molecular weight excluding hydrogens is 290 g/mol. The van der Waals surface area contributed by atoms with Crippen molar-refractivity contribution in [3.05, 3.63) is 48.5 Å². The number of para-hydroxylation sites is 1. The van der Waals surface area contributed by atoms with E-state index in [9.17, 15) is 0 Å². The average molecular weight is 305 g/mol. The Kier molecular flexibility index (Phi) is 3.08. The second-order valence-electron chi connectivity index (χ2n) is 5.12. The predicted molar refractivity (Wildman–Crippen MR) is 89.3 cm³/mol. The Morgan fingerprint density at radius 1 is 1.04 bits per heavy atom. The Labute approximate surface area is 132 Å². The van der Waals surface area contributed by atoms with E-state index in [1.165, 1.54) is 0 Å². The highest BCUT2D eigenvalue weighted by atomic mass is 16.5. The maximum atomic E-state index is 6.01. The molecule has 2 aromatic heterocycles. The highest BCUT2D eigenvalue weighted by Gasteiger charge is 2.12. The minimum Gasteiger partial charge on any atom is -0.494 e. The topological polar surface area (TPSA) is 78.3 Å². The number of nitrogens with two attached hydrogens (primary N) is 1. The zero-order chi connectivity index (χ0) is 15.8. The first-order chi connectivity index (χ1) is 11.3. The molecule has 0 bridgehead atoms. The number of hydrogen-bond acceptors (Lipinski definition) is 5. The number of nitrogen functional groups attached to an aromatic ring is 1. The third kappa shape index (κ3) is 2.24. The lowest BCUT2D eigenvalue weighted by molar-refractivity contribution is 0.340. The molecule has 2 N–H and O–H groups in total. The van der Waals surface area contributed by atoms with E-state index in [2.05, 4.69) is 15.1 Å². The number of ether oxygens (including phenoxy) is 1. The molecule has 6 heteroatoms. The SMILES string of the molecule is CCOc1ccc(-c2nc3c4ccccc4nc(N)n3n2)cc1. The van der Waals surface area contributed by atoms with Crippen LogP contribution in [0.4, 0.5) is 5.95 Å². The third-order valence-electron chi connectivity index (χ3n) is 3.63. The molecule has 0 aliphatic heterocycles. The van der Waals surface area contributed by atoms with Crippen LogP contribution in [0.25, 0.3) is 27.9 Å². The molecule has 0 aliphatic rings. The van der Waals surface area contributed by atoms with E-state index in [0.717, 1.165) is 22.2 Å². The van der Waals surface area contributed by atoms with Crippen molar-refractivity contribution in [1.82, 2.24) is 19.6 Å². The first-order valence-electron chi connectivity index (χ1n) is 7.40. The van der Waals surface area contributed by atoms with Crippen LogP contribution in [0.1, 0.15) is 6.92 Å². The van der Waals surface area contributed by atoms with Crippen molar-refractivity contribution in [1.29, 1.82) is 0 Å². The molecule has 0 fully saturated rings. The summed E-state index contributed by atoms with van der Waals surface area (Å²) in [5.74, 6) is 1.76. The van der Waals surface area contributed by atoms with Crippen molar-refractivity contribution in [2.24, 2.45) is 0 Å². The molecule has 2 aromatic carbocycles. The van der Waals surface area contributed by atoms with Crippen molar-refractivity contribution in [3.63, 3.8) is 0 Å². The molecule has 0 saturated heterocycles. The molecule has 6 nitrogen and oxygen atoms in total. The molecule has 23 heavy (non-hydrogen) atoms. The summed E-state index contributed by atoms with van der Waals surface area (Å²) in [6.07, 6.45) is 0. The summed E-state index contributed by atoms with van der Waals surface area (Å²) in [6, 6.07) is 15.4. The summed E-state index contributed by atoms with van der Waals surface area (Å²) in [5.41, 5.74) is 8.42. The Morgan fingerprint density at radius 3 is 2.61 bits per heavy atom. The summed E-state index contributed by atoms with van der Waals surface area (Å²) in [5, 5.41) is 5.41. The third-order valence-corrected chi connectivity index (χ3v) is 3.63. The zero-order valence-corrected chi connectivity index (χ0v) is 12.6. The molecule has 0 radical (unpaired) electrons. The molecule has 2 heterocycles. The maximum absolute atomic E-state index is 6.01. The summed E-state index contributed by atoms with van der Waals surface area (Å²) in [6.45, 7) is 2.60. The Bertz CT molecular complexity index is 991. The van der Waals surface area contributed by atoms with Crippen molar-refractivity contribution in [3.8, 4) is 17.1 Å². The van der Waals surface area contributed by atoms with Gasteiger partial charge in [0.05, 0.1) is 12.1 Å². The van der Waals surface area contributed by atoms with E-state index in [1.807, 2.05) is 55.5 Å². The molecule has 0 saturated carbocycles. The van der Waals surface area contributed by atoms with Crippen molar-refractivity contribution < 1.29 is 4.74 Å². The quantitative estimate of drug-likeness (QED) is 0.629. The predicted octanol–water partition coefficient (Wildman–Crippen LogP) is 2.93. The van der Waals surface area contributed by atoms with Crippen molar-refractivity contribution in [2.45, 2.75) is 6.92 Å². The number of aromatic nitrogens is 4. The zero-order valence-electron chi connectivity index (χ0n) is 12.6. The van der Waals surface area contributed by atoms with Crippen LogP contribution in [0.3, 0.4) is 0 Å². The van der Waals surface area contributed by atoms with Gasteiger partial charge in [0, 0.05) is 10.9 Å². The highest BCUT2D eigenvalue weighted by Crippen LogP contribution is 2.24. The molecule has 114 valence electrons. The van der Waals surface area contributed by atoms with Gasteiger partial charge in [0.2, 0.25) is 5.95 Å². The molecular formula is C17H15N5O. The Morgan fingerprint density at radius 2 is 1.83 bits per heavy atom. The van der Waals surface area contributed by atoms with E-state index < -0.39 is 0 Å². The standard InChI is InChI=1S/C17H15N5O/c1-2-23-12-9-7-11(8-10-12)15-20-16-13-5-3-4-6-14(13)19-17(18)22(16)21-15/h3-10H,2H2,1H3,(H2,18,19). The second-order valence-corrected chi connectivity index (χ2v) is 5.12. The fraction of sp³-hybridized carbons (Fsp3) is 0.118. The lowest BCUT2D eigenvalue weighted by atomic mass is 10.2. The monoisotopic (exact) mass is 305 g/mol. The van der Waals surface area contributed by atoms with Crippen LogP contribution in [0.15, 0.2) is 48.5 Å². The van der Waals surface area contributed by atoms with Gasteiger partial charge in [-0.15, -0.1) is 5.10 Å². The van der Waals surface area contributed by atoms with Crippen LogP contribution in [-0.4, -0.2) is 26.2 Å². The van der Waals surface area contributed by atoms with Crippen molar-refractivity contribution in [2.75, 3.05) is 12.3 Å². The van der Waals surface area contributed by atoms with Gasteiger partial charge in [-0.2, -0.15) is 4.52 Å². The van der Waals surface area contributed by atoms with Crippen LogP contribution in [0.2, 0.25) is 0 Å². The molecule has 0 spiro atoms. The molecule has 4 rings (SSSR count). The minimum atomic E-state index is 0.323. The normalized spacial score (nSPS) is 11.2. The smallest absolute Gasteiger partial charge is 0.223 e. The molecule has 0 atom stereocenters. The number of rotatable bonds is 3. The van der Waals surface area contributed by atoms with Crippen LogP contribution in [0, 0.1) is 0 Å². The summed E-state index contributed by atoms with van der Waals surface area (Å²) in [4.78, 5) is 9.01. The molecule has 0 unspecified atom stereocenters. The molecule has 0 amide bonds. The average Bonchev–Trinajstić information content (AvgIpc) is 3.02. The van der Waals surface area contributed by atoms with Crippen LogP contribution in [-0.2, 0) is 0 Å². The summed E-state index contributed by atoms with van der Waals surface area (Å²) in [7, 11) is 0. The van der Waals surface area contributed by atoms with Gasteiger partial charge < -0.3 is 10.5 Å². The van der Waals surface area contributed by atoms with Gasteiger partial charge >= 0.3 is 0 Å². The second kappa shape index (κ2) is 5.24. The lowest BCUT2D eigenvalue weighted by Gasteiger charge is -2.02. The number of hydrogen-bond donors (Lipinski definition) is 1. The van der Waals surface area contributed by atoms with Gasteiger partial charge in [-0.1, -0.05) is 12.1 Å². The minimum absolute atomic E-state index is 0.323. The van der Waals surface area contributed by atoms with E-state index >= 15 is 0 Å². The number of benzene rings is 2.